The van der Waals surface area contributed by atoms with Gasteiger partial charge in [0.1, 0.15) is 0 Å². The van der Waals surface area contributed by atoms with Gasteiger partial charge in [-0.05, 0) is 103 Å². The molecule has 0 N–H and O–H groups in total. The van der Waals surface area contributed by atoms with Crippen molar-refractivity contribution in [1.29, 1.82) is 0 Å². The van der Waals surface area contributed by atoms with Crippen molar-refractivity contribution in [3.63, 3.8) is 0 Å². The molecule has 0 spiro atoms. The summed E-state index contributed by atoms with van der Waals surface area (Å²) in [7, 11) is 0. The Balaban J connectivity index is 1.36. The molecule has 0 heterocycles. The van der Waals surface area contributed by atoms with Gasteiger partial charge in [0.2, 0.25) is 0 Å². The van der Waals surface area contributed by atoms with Gasteiger partial charge in [0.05, 0.1) is 0 Å². The number of fused-ring (bicyclic) bond motifs is 5. The topological polar surface area (TPSA) is 0 Å². The van der Waals surface area contributed by atoms with Gasteiger partial charge in [0.25, 0.3) is 0 Å². The van der Waals surface area contributed by atoms with Crippen molar-refractivity contribution in [2.45, 2.75) is 33.1 Å². The van der Waals surface area contributed by atoms with E-state index in [9.17, 15) is 0 Å². The third-order valence-corrected chi connectivity index (χ3v) is 8.99. The van der Waals surface area contributed by atoms with Gasteiger partial charge >= 0.3 is 0 Å². The average molecular weight is 527 g/mol. The molecule has 7 aromatic carbocycles. The highest BCUT2D eigenvalue weighted by molar-refractivity contribution is 6.21. The van der Waals surface area contributed by atoms with Crippen LogP contribution < -0.4 is 0 Å². The molecule has 0 aliphatic heterocycles. The van der Waals surface area contributed by atoms with E-state index in [1.54, 1.807) is 0 Å². The number of benzene rings is 7. The normalized spacial score (nSPS) is 11.9. The molecule has 7 aromatic rings. The maximum atomic E-state index is 2.40. The highest BCUT2D eigenvalue weighted by atomic mass is 14.3. The zero-order valence-electron chi connectivity index (χ0n) is 24.2. The van der Waals surface area contributed by atoms with Gasteiger partial charge in [-0.1, -0.05) is 135 Å². The van der Waals surface area contributed by atoms with Crippen molar-refractivity contribution in [1.82, 2.24) is 0 Å². The monoisotopic (exact) mass is 526 g/mol. The van der Waals surface area contributed by atoms with E-state index in [1.807, 2.05) is 0 Å². The molecule has 0 bridgehead atoms. The van der Waals surface area contributed by atoms with Crippen molar-refractivity contribution < 1.29 is 0 Å². The Hall–Kier alpha value is -4.68. The van der Waals surface area contributed by atoms with Crippen molar-refractivity contribution in [2.75, 3.05) is 0 Å². The van der Waals surface area contributed by atoms with Crippen LogP contribution >= 0.6 is 0 Å². The molecular weight excluding hydrogens is 492 g/mol. The first-order valence-corrected chi connectivity index (χ1v) is 14.5. The molecule has 0 atom stereocenters. The molecule has 0 nitrogen and oxygen atoms in total. The summed E-state index contributed by atoms with van der Waals surface area (Å²) in [6.45, 7) is 9.15. The van der Waals surface area contributed by atoms with Crippen molar-refractivity contribution in [3.05, 3.63) is 156 Å². The molecule has 198 valence electrons. The average Bonchev–Trinajstić information content (AvgIpc) is 3.00. The second-order valence-corrected chi connectivity index (χ2v) is 11.9. The van der Waals surface area contributed by atoms with E-state index >= 15 is 0 Å². The lowest BCUT2D eigenvalue weighted by Crippen LogP contribution is -2.21. The Morgan fingerprint density at radius 3 is 1.83 bits per heavy atom. The molecule has 0 fully saturated rings. The highest BCUT2D eigenvalue weighted by Gasteiger charge is 2.26. The fourth-order valence-electron chi connectivity index (χ4n) is 6.93. The molecular formula is C41H34. The minimum atomic E-state index is -0.0669. The molecule has 0 aromatic heterocycles. The molecule has 7 rings (SSSR count). The van der Waals surface area contributed by atoms with Gasteiger partial charge in [-0.3, -0.25) is 0 Å². The summed E-state index contributed by atoms with van der Waals surface area (Å²) < 4.78 is 0. The minimum Gasteiger partial charge on any atom is -0.0620 e. The van der Waals surface area contributed by atoms with E-state index in [0.29, 0.717) is 0 Å². The first kappa shape index (κ1) is 25.3. The van der Waals surface area contributed by atoms with Crippen LogP contribution in [0.3, 0.4) is 0 Å². The molecule has 0 saturated carbocycles. The lowest BCUT2D eigenvalue weighted by molar-refractivity contribution is 0.631. The smallest absolute Gasteiger partial charge is 0.0151 e. The van der Waals surface area contributed by atoms with Crippen LogP contribution in [0.4, 0.5) is 0 Å². The van der Waals surface area contributed by atoms with Crippen molar-refractivity contribution >= 4 is 32.3 Å². The van der Waals surface area contributed by atoms with Gasteiger partial charge in [-0.2, -0.15) is 0 Å². The van der Waals surface area contributed by atoms with Gasteiger partial charge in [-0.15, -0.1) is 0 Å². The number of aryl methyl sites for hydroxylation is 2. The van der Waals surface area contributed by atoms with E-state index < -0.39 is 0 Å². The van der Waals surface area contributed by atoms with Crippen LogP contribution in [0.25, 0.3) is 54.6 Å². The van der Waals surface area contributed by atoms with Crippen molar-refractivity contribution in [3.8, 4) is 22.3 Å². The van der Waals surface area contributed by atoms with Crippen LogP contribution in [0, 0.1) is 13.8 Å². The Labute approximate surface area is 242 Å². The predicted molar refractivity (Wildman–Crippen MR) is 178 cm³/mol. The van der Waals surface area contributed by atoms with Gasteiger partial charge in [0.15, 0.2) is 0 Å². The minimum absolute atomic E-state index is 0.0669. The van der Waals surface area contributed by atoms with Crippen LogP contribution in [0.2, 0.25) is 0 Å². The van der Waals surface area contributed by atoms with Crippen LogP contribution in [-0.4, -0.2) is 0 Å². The first-order valence-electron chi connectivity index (χ1n) is 14.5. The zero-order valence-corrected chi connectivity index (χ0v) is 24.2. The number of hydrogen-bond acceptors (Lipinski definition) is 0. The van der Waals surface area contributed by atoms with Crippen molar-refractivity contribution in [2.24, 2.45) is 0 Å². The molecule has 0 saturated heterocycles. The van der Waals surface area contributed by atoms with Gasteiger partial charge < -0.3 is 0 Å². The van der Waals surface area contributed by atoms with Crippen LogP contribution in [-0.2, 0) is 5.41 Å². The summed E-state index contributed by atoms with van der Waals surface area (Å²) in [5.74, 6) is 0. The molecule has 0 radical (unpaired) electrons. The van der Waals surface area contributed by atoms with E-state index in [-0.39, 0.29) is 5.41 Å². The Morgan fingerprint density at radius 1 is 0.390 bits per heavy atom. The summed E-state index contributed by atoms with van der Waals surface area (Å²) in [6, 6.07) is 49.3. The predicted octanol–water partition coefficient (Wildman–Crippen LogP) is 11.4. The molecule has 0 unspecified atom stereocenters. The standard InChI is InChI=1S/C41H34/c1-27-12-5-10-19-39(27)41(3,4)40-23-21-31(24-28(40)2)30-14-11-15-32(25-30)37-26-38-33-16-7-6-13-29(33)20-22-36(38)34-17-8-9-18-35(34)37/h5-26H,1-4H3. The summed E-state index contributed by atoms with van der Waals surface area (Å²) in [6.07, 6.45) is 0. The quantitative estimate of drug-likeness (QED) is 0.200. The largest absolute Gasteiger partial charge is 0.0620 e. The van der Waals surface area contributed by atoms with Gasteiger partial charge in [0, 0.05) is 5.41 Å². The highest BCUT2D eigenvalue weighted by Crippen LogP contribution is 2.40. The van der Waals surface area contributed by atoms with E-state index in [4.69, 9.17) is 0 Å². The first-order chi connectivity index (χ1) is 19.9. The lowest BCUT2D eigenvalue weighted by Gasteiger charge is -2.30. The molecule has 0 amide bonds. The molecule has 0 aliphatic carbocycles. The summed E-state index contributed by atoms with van der Waals surface area (Å²) in [5, 5.41) is 7.78. The van der Waals surface area contributed by atoms with Crippen LogP contribution in [0.15, 0.2) is 133 Å². The van der Waals surface area contributed by atoms with Crippen LogP contribution in [0.1, 0.15) is 36.1 Å². The van der Waals surface area contributed by atoms with E-state index in [0.717, 1.165) is 0 Å². The SMILES string of the molecule is Cc1ccccc1C(C)(C)c1ccc(-c2cccc(-c3cc4c5ccccc5ccc4c4ccccc34)c2)cc1C. The van der Waals surface area contributed by atoms with E-state index in [2.05, 4.69) is 161 Å². The maximum absolute atomic E-state index is 2.40. The summed E-state index contributed by atoms with van der Waals surface area (Å²) in [5.41, 5.74) is 10.4. The number of hydrogen-bond donors (Lipinski definition) is 0. The van der Waals surface area contributed by atoms with Crippen LogP contribution in [0.5, 0.6) is 0 Å². The molecule has 0 heteroatoms. The Kier molecular flexibility index (Phi) is 6.02. The third kappa shape index (κ3) is 4.23. The lowest BCUT2D eigenvalue weighted by atomic mass is 9.74. The Morgan fingerprint density at radius 2 is 1.02 bits per heavy atom. The second-order valence-electron chi connectivity index (χ2n) is 11.9. The van der Waals surface area contributed by atoms with E-state index in [1.165, 1.54) is 76.8 Å². The second kappa shape index (κ2) is 9.75. The summed E-state index contributed by atoms with van der Waals surface area (Å²) in [4.78, 5) is 0. The van der Waals surface area contributed by atoms with Gasteiger partial charge in [-0.25, -0.2) is 0 Å². The maximum Gasteiger partial charge on any atom is 0.0151 e. The number of rotatable bonds is 4. The Bertz CT molecular complexity index is 2090. The fourth-order valence-corrected chi connectivity index (χ4v) is 6.93. The molecule has 0 aliphatic rings. The zero-order chi connectivity index (χ0) is 28.1. The molecule has 41 heavy (non-hydrogen) atoms. The summed E-state index contributed by atoms with van der Waals surface area (Å²) >= 11 is 0. The fraction of sp³-hybridized carbons (Fsp3) is 0.122. The third-order valence-electron chi connectivity index (χ3n) is 8.99.